The molecule has 0 atom stereocenters. The second-order valence-corrected chi connectivity index (χ2v) is 6.75. The molecule has 1 saturated heterocycles. The van der Waals surface area contributed by atoms with Gasteiger partial charge in [0.2, 0.25) is 5.91 Å². The Bertz CT molecular complexity index is 745. The summed E-state index contributed by atoms with van der Waals surface area (Å²) in [5, 5.41) is 3.04. The Morgan fingerprint density at radius 1 is 1.24 bits per heavy atom. The molecule has 2 aromatic rings. The first-order valence-corrected chi connectivity index (χ1v) is 9.00. The van der Waals surface area contributed by atoms with E-state index in [0.29, 0.717) is 19.6 Å². The van der Waals surface area contributed by atoms with Crippen molar-refractivity contribution in [2.24, 2.45) is 0 Å². The molecule has 5 nitrogen and oxygen atoms in total. The lowest BCUT2D eigenvalue weighted by molar-refractivity contribution is -0.115. The molecular formula is C19H21BrN2O3. The molecule has 132 valence electrons. The van der Waals surface area contributed by atoms with Crippen molar-refractivity contribution < 1.29 is 14.3 Å². The number of carbonyl (C=O) groups is 1. The van der Waals surface area contributed by atoms with Gasteiger partial charge in [0.25, 0.3) is 0 Å². The number of ether oxygens (including phenoxy) is 2. The van der Waals surface area contributed by atoms with Crippen LogP contribution in [0.1, 0.15) is 5.56 Å². The van der Waals surface area contributed by atoms with Crippen LogP contribution in [-0.4, -0.2) is 39.3 Å². The predicted molar refractivity (Wildman–Crippen MR) is 103 cm³/mol. The topological polar surface area (TPSA) is 50.8 Å². The Morgan fingerprint density at radius 3 is 2.80 bits per heavy atom. The number of amides is 1. The molecule has 0 bridgehead atoms. The van der Waals surface area contributed by atoms with E-state index in [1.807, 2.05) is 42.5 Å². The lowest BCUT2D eigenvalue weighted by atomic mass is 10.1. The molecule has 1 fully saturated rings. The summed E-state index contributed by atoms with van der Waals surface area (Å²) in [5.74, 6) is 0.697. The fourth-order valence-electron chi connectivity index (χ4n) is 2.85. The summed E-state index contributed by atoms with van der Waals surface area (Å²) in [6.07, 6.45) is 0.298. The molecule has 1 N–H and O–H groups in total. The van der Waals surface area contributed by atoms with Crippen molar-refractivity contribution >= 4 is 33.2 Å². The summed E-state index contributed by atoms with van der Waals surface area (Å²) in [7, 11) is 1.62. The lowest BCUT2D eigenvalue weighted by Gasteiger charge is -2.30. The number of hydrogen-bond donors (Lipinski definition) is 1. The van der Waals surface area contributed by atoms with Crippen molar-refractivity contribution in [1.82, 2.24) is 0 Å². The van der Waals surface area contributed by atoms with Crippen molar-refractivity contribution in [3.8, 4) is 5.75 Å². The largest absolute Gasteiger partial charge is 0.497 e. The molecule has 6 heteroatoms. The van der Waals surface area contributed by atoms with Crippen LogP contribution in [0.2, 0.25) is 0 Å². The van der Waals surface area contributed by atoms with Crippen LogP contribution in [0, 0.1) is 0 Å². The number of halogens is 1. The second kappa shape index (κ2) is 8.36. The number of carbonyl (C=O) groups excluding carboxylic acids is 1. The SMILES string of the molecule is COc1cccc(CC(=O)Nc2cc(Br)ccc2N2CCOCC2)c1. The van der Waals surface area contributed by atoms with E-state index in [9.17, 15) is 4.79 Å². The molecule has 0 radical (unpaired) electrons. The van der Waals surface area contributed by atoms with E-state index in [4.69, 9.17) is 9.47 Å². The first kappa shape index (κ1) is 17.8. The maximum Gasteiger partial charge on any atom is 0.228 e. The first-order valence-electron chi connectivity index (χ1n) is 8.21. The van der Waals surface area contributed by atoms with E-state index in [1.165, 1.54) is 0 Å². The highest BCUT2D eigenvalue weighted by molar-refractivity contribution is 9.10. The minimum atomic E-state index is -0.0548. The molecule has 2 aromatic carbocycles. The van der Waals surface area contributed by atoms with Crippen LogP contribution in [0.4, 0.5) is 11.4 Å². The minimum absolute atomic E-state index is 0.0548. The number of hydrogen-bond acceptors (Lipinski definition) is 4. The number of nitrogens with one attached hydrogen (secondary N) is 1. The Morgan fingerprint density at radius 2 is 2.04 bits per heavy atom. The highest BCUT2D eigenvalue weighted by Gasteiger charge is 2.16. The summed E-state index contributed by atoms with van der Waals surface area (Å²) in [6, 6.07) is 13.5. The molecular weight excluding hydrogens is 384 g/mol. The zero-order chi connectivity index (χ0) is 17.6. The van der Waals surface area contributed by atoms with E-state index in [0.717, 1.165) is 40.2 Å². The fraction of sp³-hybridized carbons (Fsp3) is 0.316. The monoisotopic (exact) mass is 404 g/mol. The molecule has 1 amide bonds. The van der Waals surface area contributed by atoms with Gasteiger partial charge in [-0.1, -0.05) is 28.1 Å². The maximum atomic E-state index is 12.5. The van der Waals surface area contributed by atoms with Gasteiger partial charge in [0.1, 0.15) is 5.75 Å². The minimum Gasteiger partial charge on any atom is -0.497 e. The molecule has 0 aromatic heterocycles. The molecule has 0 unspecified atom stereocenters. The third-order valence-electron chi connectivity index (χ3n) is 4.08. The van der Waals surface area contributed by atoms with Crippen LogP contribution >= 0.6 is 15.9 Å². The Balaban J connectivity index is 1.74. The van der Waals surface area contributed by atoms with E-state index in [2.05, 4.69) is 26.1 Å². The number of morpholine rings is 1. The van der Waals surface area contributed by atoms with Gasteiger partial charge in [-0.2, -0.15) is 0 Å². The first-order chi connectivity index (χ1) is 12.2. The van der Waals surface area contributed by atoms with Crippen LogP contribution < -0.4 is 15.0 Å². The summed E-state index contributed by atoms with van der Waals surface area (Å²) in [5.41, 5.74) is 2.74. The van der Waals surface area contributed by atoms with Crippen molar-refractivity contribution in [3.63, 3.8) is 0 Å². The van der Waals surface area contributed by atoms with Gasteiger partial charge in [0.05, 0.1) is 38.1 Å². The zero-order valence-electron chi connectivity index (χ0n) is 14.1. The lowest BCUT2D eigenvalue weighted by Crippen LogP contribution is -2.36. The Kier molecular flexibility index (Phi) is 5.94. The van der Waals surface area contributed by atoms with Gasteiger partial charge in [0, 0.05) is 17.6 Å². The van der Waals surface area contributed by atoms with E-state index in [-0.39, 0.29) is 5.91 Å². The summed E-state index contributed by atoms with van der Waals surface area (Å²) < 4.78 is 11.6. The van der Waals surface area contributed by atoms with Crippen LogP contribution in [0.5, 0.6) is 5.75 Å². The molecule has 0 saturated carbocycles. The van der Waals surface area contributed by atoms with E-state index in [1.54, 1.807) is 7.11 Å². The van der Waals surface area contributed by atoms with Crippen LogP contribution in [0.3, 0.4) is 0 Å². The van der Waals surface area contributed by atoms with Crippen molar-refractivity contribution in [1.29, 1.82) is 0 Å². The maximum absolute atomic E-state index is 12.5. The van der Waals surface area contributed by atoms with Gasteiger partial charge >= 0.3 is 0 Å². The van der Waals surface area contributed by atoms with Crippen molar-refractivity contribution in [2.75, 3.05) is 43.6 Å². The number of anilines is 2. The highest BCUT2D eigenvalue weighted by atomic mass is 79.9. The van der Waals surface area contributed by atoms with E-state index < -0.39 is 0 Å². The van der Waals surface area contributed by atoms with Gasteiger partial charge in [-0.3, -0.25) is 4.79 Å². The average Bonchev–Trinajstić information content (AvgIpc) is 2.62. The standard InChI is InChI=1S/C19H21BrN2O3/c1-24-16-4-2-3-14(11-16)12-19(23)21-17-13-15(20)5-6-18(17)22-7-9-25-10-8-22/h2-6,11,13H,7-10,12H2,1H3,(H,21,23). The van der Waals surface area contributed by atoms with Gasteiger partial charge in [0.15, 0.2) is 0 Å². The quantitative estimate of drug-likeness (QED) is 0.828. The predicted octanol–water partition coefficient (Wildman–Crippen LogP) is 3.48. The number of rotatable bonds is 5. The van der Waals surface area contributed by atoms with Gasteiger partial charge in [-0.05, 0) is 35.9 Å². The molecule has 1 aliphatic heterocycles. The summed E-state index contributed by atoms with van der Waals surface area (Å²) in [4.78, 5) is 14.8. The average molecular weight is 405 g/mol. The second-order valence-electron chi connectivity index (χ2n) is 5.84. The Hall–Kier alpha value is -2.05. The fourth-order valence-corrected chi connectivity index (χ4v) is 3.21. The third-order valence-corrected chi connectivity index (χ3v) is 4.58. The molecule has 3 rings (SSSR count). The molecule has 0 spiro atoms. The van der Waals surface area contributed by atoms with Crippen LogP contribution in [-0.2, 0) is 16.0 Å². The van der Waals surface area contributed by atoms with Gasteiger partial charge in [-0.15, -0.1) is 0 Å². The van der Waals surface area contributed by atoms with Crippen molar-refractivity contribution in [3.05, 3.63) is 52.5 Å². The van der Waals surface area contributed by atoms with Gasteiger partial charge in [-0.25, -0.2) is 0 Å². The van der Waals surface area contributed by atoms with E-state index >= 15 is 0 Å². The molecule has 1 heterocycles. The number of nitrogens with zero attached hydrogens (tertiary/aromatic N) is 1. The van der Waals surface area contributed by atoms with Crippen LogP contribution in [0.25, 0.3) is 0 Å². The zero-order valence-corrected chi connectivity index (χ0v) is 15.7. The van der Waals surface area contributed by atoms with Crippen LogP contribution in [0.15, 0.2) is 46.9 Å². The summed E-state index contributed by atoms with van der Waals surface area (Å²) in [6.45, 7) is 3.04. The number of benzene rings is 2. The Labute approximate surface area is 156 Å². The normalized spacial score (nSPS) is 14.2. The molecule has 0 aliphatic carbocycles. The smallest absolute Gasteiger partial charge is 0.228 e. The summed E-state index contributed by atoms with van der Waals surface area (Å²) >= 11 is 3.48. The molecule has 25 heavy (non-hydrogen) atoms. The third kappa shape index (κ3) is 4.74. The highest BCUT2D eigenvalue weighted by Crippen LogP contribution is 2.30. The number of methoxy groups -OCH3 is 1. The molecule has 1 aliphatic rings. The van der Waals surface area contributed by atoms with Crippen molar-refractivity contribution in [2.45, 2.75) is 6.42 Å². The van der Waals surface area contributed by atoms with Gasteiger partial charge < -0.3 is 19.7 Å².